The lowest BCUT2D eigenvalue weighted by Gasteiger charge is -2.34. The largest absolute Gasteiger partial charge is 1.00 e. The Hall–Kier alpha value is -0.850. The second kappa shape index (κ2) is 36.0. The van der Waals surface area contributed by atoms with Crippen LogP contribution in [-0.4, -0.2) is 36.2 Å². The van der Waals surface area contributed by atoms with E-state index in [1.165, 1.54) is 154 Å². The van der Waals surface area contributed by atoms with E-state index in [2.05, 4.69) is 13.8 Å². The first-order valence-corrected chi connectivity index (χ1v) is 20.7. The molecule has 0 radical (unpaired) electrons. The second-order valence-corrected chi connectivity index (χ2v) is 14.7. The van der Waals surface area contributed by atoms with Crippen LogP contribution in [0.15, 0.2) is 0 Å². The minimum absolute atomic E-state index is 0. The number of carbonyl (C=O) groups excluding carboxylic acids is 2. The fourth-order valence-electron chi connectivity index (χ4n) is 6.38. The molecule has 0 spiro atoms. The predicted octanol–water partition coefficient (Wildman–Crippen LogP) is 8.13. The molecule has 0 aromatic heterocycles. The molecule has 2 N–H and O–H groups in total. The topological polar surface area (TPSA) is 77.3 Å². The van der Waals surface area contributed by atoms with Crippen LogP contribution in [-0.2, 0) is 19.1 Å². The van der Waals surface area contributed by atoms with E-state index in [9.17, 15) is 14.7 Å². The van der Waals surface area contributed by atoms with E-state index in [1.54, 1.807) is 20.9 Å². The fraction of sp³-hybridized carbons (Fsp3) is 0.951. The Morgan fingerprint density at radius 3 is 0.917 bits per heavy atom. The van der Waals surface area contributed by atoms with Gasteiger partial charge in [-0.3, -0.25) is 9.59 Å². The van der Waals surface area contributed by atoms with Gasteiger partial charge in [-0.05, 0) is 12.8 Å². The molecular formula is C41H82ClNO5. The summed E-state index contributed by atoms with van der Waals surface area (Å²) >= 11 is 0. The van der Waals surface area contributed by atoms with Crippen LogP contribution in [0.3, 0.4) is 0 Å². The summed E-state index contributed by atoms with van der Waals surface area (Å²) in [5.41, 5.74) is 0. The zero-order chi connectivity index (χ0) is 34.9. The van der Waals surface area contributed by atoms with Crippen LogP contribution < -0.4 is 17.3 Å². The first-order valence-electron chi connectivity index (χ1n) is 20.7. The molecule has 0 aromatic rings. The highest BCUT2D eigenvalue weighted by Crippen LogP contribution is 2.17. The predicted molar refractivity (Wildman–Crippen MR) is 198 cm³/mol. The Balaban J connectivity index is 0. The highest BCUT2D eigenvalue weighted by molar-refractivity contribution is 5.71. The minimum atomic E-state index is -1.53. The van der Waals surface area contributed by atoms with E-state index in [4.69, 9.17) is 9.47 Å². The first kappa shape index (κ1) is 49.3. The van der Waals surface area contributed by atoms with Crippen molar-refractivity contribution in [2.75, 3.05) is 7.05 Å². The van der Waals surface area contributed by atoms with Crippen LogP contribution >= 0.6 is 0 Å². The number of unbranched alkanes of at least 4 members (excludes halogenated alkanes) is 28. The first-order chi connectivity index (χ1) is 22.8. The number of aliphatic hydroxyl groups is 1. The molecule has 288 valence electrons. The molecule has 2 unspecified atom stereocenters. The van der Waals surface area contributed by atoms with Gasteiger partial charge in [0.25, 0.3) is 0 Å². The van der Waals surface area contributed by atoms with Crippen molar-refractivity contribution < 1.29 is 41.5 Å². The van der Waals surface area contributed by atoms with Gasteiger partial charge in [0.2, 0.25) is 0 Å². The number of carbonyl (C=O) groups is 2. The number of esters is 2. The Morgan fingerprint density at radius 2 is 0.708 bits per heavy atom. The maximum Gasteiger partial charge on any atom is 0.405 e. The maximum atomic E-state index is 12.7. The lowest BCUT2D eigenvalue weighted by atomic mass is 10.0. The van der Waals surface area contributed by atoms with Crippen LogP contribution in [0.1, 0.15) is 233 Å². The van der Waals surface area contributed by atoms with Gasteiger partial charge in [-0.2, -0.15) is 0 Å². The van der Waals surface area contributed by atoms with Gasteiger partial charge in [-0.25, -0.2) is 4.90 Å². The molecule has 0 amide bonds. The van der Waals surface area contributed by atoms with Gasteiger partial charge in [0.15, 0.2) is 6.23 Å². The Bertz CT molecular complexity index is 656. The van der Waals surface area contributed by atoms with Gasteiger partial charge in [-0.15, -0.1) is 0 Å². The van der Waals surface area contributed by atoms with E-state index in [0.29, 0.717) is 17.7 Å². The smallest absolute Gasteiger partial charge is 0.405 e. The van der Waals surface area contributed by atoms with Gasteiger partial charge >= 0.3 is 17.8 Å². The van der Waals surface area contributed by atoms with Crippen LogP contribution in [0, 0.1) is 0 Å². The average Bonchev–Trinajstić information content (AvgIpc) is 3.04. The van der Waals surface area contributed by atoms with Crippen molar-refractivity contribution in [3.8, 4) is 0 Å². The number of aliphatic hydroxyl groups excluding tert-OH is 1. The molecule has 0 heterocycles. The summed E-state index contributed by atoms with van der Waals surface area (Å²) in [5.74, 6) is -2.28. The van der Waals surface area contributed by atoms with Crippen LogP contribution in [0.4, 0.5) is 0 Å². The van der Waals surface area contributed by atoms with Crippen LogP contribution in [0.25, 0.3) is 0 Å². The molecule has 2 atom stereocenters. The summed E-state index contributed by atoms with van der Waals surface area (Å²) in [6, 6.07) is 0. The molecule has 0 aliphatic carbocycles. The van der Waals surface area contributed by atoms with Gasteiger partial charge in [0.05, 0.1) is 14.0 Å². The molecule has 0 saturated carbocycles. The SMILES string of the molecule is CCCCCCCCCCCCCCCCCC(=O)OC(C)(OC(=O)CCCCCCCCCCCCCCCCC)[NH+](C)C(C)O.[Cl-]. The number of rotatable bonds is 36. The third-order valence-electron chi connectivity index (χ3n) is 9.93. The van der Waals surface area contributed by atoms with Gasteiger partial charge in [0, 0.05) is 19.8 Å². The summed E-state index contributed by atoms with van der Waals surface area (Å²) in [5, 5.41) is 10.2. The Labute approximate surface area is 305 Å². The number of quaternary nitrogens is 1. The van der Waals surface area contributed by atoms with Crippen LogP contribution in [0.5, 0.6) is 0 Å². The van der Waals surface area contributed by atoms with Crippen molar-refractivity contribution in [2.24, 2.45) is 0 Å². The minimum Gasteiger partial charge on any atom is -1.00 e. The summed E-state index contributed by atoms with van der Waals surface area (Å²) in [6.07, 6.45) is 38.0. The third kappa shape index (κ3) is 31.2. The van der Waals surface area contributed by atoms with E-state index in [-0.39, 0.29) is 24.3 Å². The molecule has 0 rings (SSSR count). The van der Waals surface area contributed by atoms with Gasteiger partial charge in [0.1, 0.15) is 0 Å². The standard InChI is InChI=1S/C41H81NO5.ClH/c1-6-8-10-12-14-16-18-20-22-24-26-28-30-32-34-36-39(44)46-41(4,42(5)38(3)43)47-40(45)37-35-33-31-29-27-25-23-21-19-17-15-13-11-9-7-2;/h38,43H,6-37H2,1-5H3;1H. The van der Waals surface area contributed by atoms with E-state index >= 15 is 0 Å². The highest BCUT2D eigenvalue weighted by atomic mass is 35.5. The molecule has 48 heavy (non-hydrogen) atoms. The molecule has 0 fully saturated rings. The van der Waals surface area contributed by atoms with Crippen molar-refractivity contribution in [3.05, 3.63) is 0 Å². The summed E-state index contributed by atoms with van der Waals surface area (Å²) in [4.78, 5) is 25.8. The van der Waals surface area contributed by atoms with Crippen molar-refractivity contribution in [1.82, 2.24) is 0 Å². The molecule has 0 aromatic carbocycles. The Morgan fingerprint density at radius 1 is 0.500 bits per heavy atom. The summed E-state index contributed by atoms with van der Waals surface area (Å²) in [7, 11) is 1.69. The number of nitrogens with one attached hydrogen (secondary N) is 1. The van der Waals surface area contributed by atoms with Crippen molar-refractivity contribution in [1.29, 1.82) is 0 Å². The zero-order valence-electron chi connectivity index (χ0n) is 32.7. The molecule has 0 aliphatic heterocycles. The number of hydrogen-bond donors (Lipinski definition) is 2. The molecule has 7 heteroatoms. The fourth-order valence-corrected chi connectivity index (χ4v) is 6.38. The maximum absolute atomic E-state index is 12.7. The highest BCUT2D eigenvalue weighted by Gasteiger charge is 2.44. The van der Waals surface area contributed by atoms with E-state index in [0.717, 1.165) is 38.5 Å². The lowest BCUT2D eigenvalue weighted by molar-refractivity contribution is -1.02. The molecule has 0 aliphatic rings. The van der Waals surface area contributed by atoms with Gasteiger partial charge < -0.3 is 27.0 Å². The molecule has 6 nitrogen and oxygen atoms in total. The quantitative estimate of drug-likeness (QED) is 0.0392. The van der Waals surface area contributed by atoms with E-state index < -0.39 is 12.1 Å². The average molecular weight is 705 g/mol. The van der Waals surface area contributed by atoms with E-state index in [1.807, 2.05) is 0 Å². The lowest BCUT2D eigenvalue weighted by Crippen LogP contribution is -3.21. The number of hydrogen-bond acceptors (Lipinski definition) is 5. The Kier molecular flexibility index (Phi) is 36.9. The third-order valence-corrected chi connectivity index (χ3v) is 9.93. The summed E-state index contributed by atoms with van der Waals surface area (Å²) < 4.78 is 11.4. The second-order valence-electron chi connectivity index (χ2n) is 14.7. The monoisotopic (exact) mass is 704 g/mol. The van der Waals surface area contributed by atoms with Crippen molar-refractivity contribution in [2.45, 2.75) is 245 Å². The van der Waals surface area contributed by atoms with Gasteiger partial charge in [-0.1, -0.05) is 194 Å². The molecule has 0 bridgehead atoms. The number of halogens is 1. The molecule has 0 saturated heterocycles. The normalized spacial score (nSPS) is 12.8. The number of ether oxygens (including phenoxy) is 2. The summed E-state index contributed by atoms with van der Waals surface area (Å²) in [6.45, 7) is 7.74. The van der Waals surface area contributed by atoms with Crippen molar-refractivity contribution in [3.63, 3.8) is 0 Å². The zero-order valence-corrected chi connectivity index (χ0v) is 33.4. The van der Waals surface area contributed by atoms with Crippen LogP contribution in [0.2, 0.25) is 0 Å². The van der Waals surface area contributed by atoms with Crippen molar-refractivity contribution >= 4 is 11.9 Å². The molecular weight excluding hydrogens is 622 g/mol.